The number of anilines is 1. The van der Waals surface area contributed by atoms with Gasteiger partial charge in [-0.15, -0.1) is 0 Å². The van der Waals surface area contributed by atoms with Crippen LogP contribution in [0.2, 0.25) is 5.02 Å². The van der Waals surface area contributed by atoms with Gasteiger partial charge in [0, 0.05) is 18.0 Å². The molecule has 5 nitrogen and oxygen atoms in total. The van der Waals surface area contributed by atoms with Crippen LogP contribution < -0.4 is 4.90 Å². The number of aromatic nitrogens is 2. The molecule has 0 amide bonds. The predicted molar refractivity (Wildman–Crippen MR) is 120 cm³/mol. The molecule has 0 radical (unpaired) electrons. The van der Waals surface area contributed by atoms with E-state index in [1.54, 1.807) is 6.07 Å². The molecule has 7 heteroatoms. The monoisotopic (exact) mass is 442 g/mol. The van der Waals surface area contributed by atoms with E-state index in [0.29, 0.717) is 26.7 Å². The highest BCUT2D eigenvalue weighted by atomic mass is 35.5. The molecule has 0 bridgehead atoms. The van der Waals surface area contributed by atoms with Crippen LogP contribution in [0.5, 0.6) is 0 Å². The lowest BCUT2D eigenvalue weighted by atomic mass is 9.71. The Balaban J connectivity index is 1.57. The van der Waals surface area contributed by atoms with Crippen LogP contribution in [0.25, 0.3) is 0 Å². The largest absolute Gasteiger partial charge is 0.390 e. The quantitative estimate of drug-likeness (QED) is 0.687. The molecule has 2 heterocycles. The first-order chi connectivity index (χ1) is 14.5. The number of rotatable bonds is 4. The van der Waals surface area contributed by atoms with E-state index >= 15 is 0 Å². The van der Waals surface area contributed by atoms with Crippen molar-refractivity contribution in [2.45, 2.75) is 62.5 Å². The molecule has 30 heavy (non-hydrogen) atoms. The van der Waals surface area contributed by atoms with Crippen LogP contribution in [-0.2, 0) is 6.61 Å². The van der Waals surface area contributed by atoms with Crippen molar-refractivity contribution in [3.8, 4) is 6.07 Å². The molecule has 2 aliphatic rings. The summed E-state index contributed by atoms with van der Waals surface area (Å²) in [6.45, 7) is 6.12. The molecule has 1 N–H and O–H groups in total. The number of hydrogen-bond acceptors (Lipinski definition) is 6. The summed E-state index contributed by atoms with van der Waals surface area (Å²) in [6.07, 6.45) is 6.42. The molecule has 1 aliphatic carbocycles. The highest BCUT2D eigenvalue weighted by molar-refractivity contribution is 7.99. The Hall–Kier alpha value is -1.81. The number of aryl methyl sites for hydroxylation is 1. The first-order valence-corrected chi connectivity index (χ1v) is 11.8. The minimum absolute atomic E-state index is 0.153. The molecule has 158 valence electrons. The molecule has 1 aromatic heterocycles. The minimum Gasteiger partial charge on any atom is -0.390 e. The number of halogens is 1. The number of hydrogen-bond donors (Lipinski definition) is 1. The van der Waals surface area contributed by atoms with E-state index in [1.165, 1.54) is 43.9 Å². The van der Waals surface area contributed by atoms with Gasteiger partial charge < -0.3 is 10.0 Å². The van der Waals surface area contributed by atoms with Gasteiger partial charge in [-0.05, 0) is 49.7 Å². The maximum atomic E-state index is 10.0. The van der Waals surface area contributed by atoms with E-state index in [2.05, 4.69) is 17.9 Å². The second kappa shape index (κ2) is 8.74. The van der Waals surface area contributed by atoms with Crippen LogP contribution >= 0.6 is 23.4 Å². The summed E-state index contributed by atoms with van der Waals surface area (Å²) in [7, 11) is 0. The number of piperidine rings is 1. The van der Waals surface area contributed by atoms with Crippen LogP contribution in [0.4, 0.5) is 5.82 Å². The van der Waals surface area contributed by atoms with Gasteiger partial charge in [-0.1, -0.05) is 49.2 Å². The molecule has 1 aliphatic heterocycles. The van der Waals surface area contributed by atoms with Crippen LogP contribution in [0, 0.1) is 29.6 Å². The normalized spacial score (nSPS) is 20.5. The van der Waals surface area contributed by atoms with Crippen LogP contribution in [0.15, 0.2) is 28.1 Å². The maximum absolute atomic E-state index is 10.0. The van der Waals surface area contributed by atoms with Gasteiger partial charge in [0.2, 0.25) is 0 Å². The fourth-order valence-corrected chi connectivity index (χ4v) is 6.17. The predicted octanol–water partition coefficient (Wildman–Crippen LogP) is 5.36. The molecule has 0 unspecified atom stereocenters. The Labute approximate surface area is 187 Å². The van der Waals surface area contributed by atoms with E-state index in [4.69, 9.17) is 21.6 Å². The second-order valence-corrected chi connectivity index (χ2v) is 9.93. The summed E-state index contributed by atoms with van der Waals surface area (Å²) >= 11 is 7.74. The molecule has 4 rings (SSSR count). The number of aliphatic hydroxyl groups is 1. The fourth-order valence-electron chi connectivity index (χ4n) is 4.98. The molecular formula is C23H27ClN4OS. The SMILES string of the molecule is Cc1nc(N2CCC3(CCC[C@H]3C)CC2)c(CO)nc1Sc1cccc(C#N)c1Cl. The average molecular weight is 443 g/mol. The topological polar surface area (TPSA) is 73.0 Å². The Morgan fingerprint density at radius 2 is 2.07 bits per heavy atom. The van der Waals surface area contributed by atoms with Crippen LogP contribution in [-0.4, -0.2) is 28.2 Å². The van der Waals surface area contributed by atoms with Gasteiger partial charge in [0.15, 0.2) is 5.82 Å². The molecule has 1 saturated heterocycles. The van der Waals surface area contributed by atoms with Crippen molar-refractivity contribution < 1.29 is 5.11 Å². The fraction of sp³-hybridized carbons (Fsp3) is 0.522. The Morgan fingerprint density at radius 1 is 1.30 bits per heavy atom. The third-order valence-corrected chi connectivity index (χ3v) is 8.59. The van der Waals surface area contributed by atoms with Gasteiger partial charge in [-0.25, -0.2) is 9.97 Å². The number of nitriles is 1. The van der Waals surface area contributed by atoms with Crippen molar-refractivity contribution in [3.63, 3.8) is 0 Å². The molecule has 2 aromatic rings. The van der Waals surface area contributed by atoms with E-state index in [9.17, 15) is 10.4 Å². The van der Waals surface area contributed by atoms with Crippen molar-refractivity contribution in [1.82, 2.24) is 9.97 Å². The second-order valence-electron chi connectivity index (χ2n) is 8.52. The average Bonchev–Trinajstić information content (AvgIpc) is 3.10. The molecule has 1 aromatic carbocycles. The lowest BCUT2D eigenvalue weighted by Crippen LogP contribution is -2.42. The Bertz CT molecular complexity index is 982. The first-order valence-electron chi connectivity index (χ1n) is 10.6. The third kappa shape index (κ3) is 3.91. The highest BCUT2D eigenvalue weighted by Gasteiger charge is 2.42. The van der Waals surface area contributed by atoms with Crippen LogP contribution in [0.1, 0.15) is 56.0 Å². The number of aliphatic hydroxyl groups excluding tert-OH is 1. The van der Waals surface area contributed by atoms with Crippen LogP contribution in [0.3, 0.4) is 0 Å². The standard InChI is InChI=1S/C23H27ClN4OS/c1-15-5-4-8-23(15)9-11-28(12-10-23)21-18(14-29)27-22(16(2)26-21)30-19-7-3-6-17(13-25)20(19)24/h3,6-7,15,29H,4-5,8-12,14H2,1-2H3/t15-/m1/s1. The Morgan fingerprint density at radius 3 is 2.70 bits per heavy atom. The lowest BCUT2D eigenvalue weighted by molar-refractivity contribution is 0.161. The van der Waals surface area contributed by atoms with Gasteiger partial charge in [0.1, 0.15) is 16.8 Å². The van der Waals surface area contributed by atoms with Crippen molar-refractivity contribution in [3.05, 3.63) is 40.2 Å². The zero-order valence-electron chi connectivity index (χ0n) is 17.5. The van der Waals surface area contributed by atoms with Gasteiger partial charge in [-0.2, -0.15) is 5.26 Å². The zero-order valence-corrected chi connectivity index (χ0v) is 19.1. The van der Waals surface area contributed by atoms with Gasteiger partial charge in [0.05, 0.1) is 22.9 Å². The van der Waals surface area contributed by atoms with Crippen molar-refractivity contribution in [1.29, 1.82) is 5.26 Å². The first kappa shape index (κ1) is 21.4. The molecule has 1 spiro atoms. The smallest absolute Gasteiger partial charge is 0.153 e. The molecule has 1 atom stereocenters. The Kier molecular flexibility index (Phi) is 6.24. The van der Waals surface area contributed by atoms with E-state index in [1.807, 2.05) is 19.1 Å². The molecule has 1 saturated carbocycles. The maximum Gasteiger partial charge on any atom is 0.153 e. The van der Waals surface area contributed by atoms with E-state index in [0.717, 1.165) is 35.4 Å². The summed E-state index contributed by atoms with van der Waals surface area (Å²) in [5.74, 6) is 1.61. The van der Waals surface area contributed by atoms with Gasteiger partial charge in [-0.3, -0.25) is 0 Å². The number of benzene rings is 1. The summed E-state index contributed by atoms with van der Waals surface area (Å²) in [6, 6.07) is 7.48. The third-order valence-electron chi connectivity index (χ3n) is 6.93. The van der Waals surface area contributed by atoms with Crippen molar-refractivity contribution in [2.75, 3.05) is 18.0 Å². The summed E-state index contributed by atoms with van der Waals surface area (Å²) < 4.78 is 0. The van der Waals surface area contributed by atoms with E-state index < -0.39 is 0 Å². The molecule has 2 fully saturated rings. The summed E-state index contributed by atoms with van der Waals surface area (Å²) in [5, 5.41) is 20.3. The lowest BCUT2D eigenvalue weighted by Gasteiger charge is -2.43. The summed E-state index contributed by atoms with van der Waals surface area (Å²) in [5.41, 5.74) is 2.34. The zero-order chi connectivity index (χ0) is 21.3. The minimum atomic E-state index is -0.153. The van der Waals surface area contributed by atoms with Gasteiger partial charge in [0.25, 0.3) is 0 Å². The van der Waals surface area contributed by atoms with E-state index in [-0.39, 0.29) is 6.61 Å². The molecular weight excluding hydrogens is 416 g/mol. The van der Waals surface area contributed by atoms with Crippen molar-refractivity contribution >= 4 is 29.2 Å². The summed E-state index contributed by atoms with van der Waals surface area (Å²) in [4.78, 5) is 12.6. The number of nitrogens with zero attached hydrogens (tertiary/aromatic N) is 4. The van der Waals surface area contributed by atoms with Crippen molar-refractivity contribution in [2.24, 2.45) is 11.3 Å². The highest BCUT2D eigenvalue weighted by Crippen LogP contribution is 2.50. The van der Waals surface area contributed by atoms with Gasteiger partial charge >= 0.3 is 0 Å².